The molecule has 2 atom stereocenters. The molecule has 0 saturated heterocycles. The smallest absolute Gasteiger partial charge is 0.0578 e. The van der Waals surface area contributed by atoms with Gasteiger partial charge in [-0.1, -0.05) is 13.3 Å². The predicted molar refractivity (Wildman–Crippen MR) is 49.1 cm³/mol. The van der Waals surface area contributed by atoms with E-state index in [1.807, 2.05) is 14.0 Å². The topological polar surface area (TPSA) is 29.3 Å². The maximum atomic E-state index is 5.81. The summed E-state index contributed by atoms with van der Waals surface area (Å²) in [5, 5.41) is 0.251. The minimum absolute atomic E-state index is 0.164. The lowest BCUT2D eigenvalue weighted by Crippen LogP contribution is -2.42. The van der Waals surface area contributed by atoms with Gasteiger partial charge >= 0.3 is 0 Å². The third-order valence-electron chi connectivity index (χ3n) is 1.70. The highest BCUT2D eigenvalue weighted by Crippen LogP contribution is 2.05. The molecule has 0 spiro atoms. The number of hydrogen-bond donors (Lipinski definition) is 2. The van der Waals surface area contributed by atoms with Gasteiger partial charge in [-0.05, 0) is 20.4 Å². The molecule has 10 heavy (non-hydrogen) atoms. The molecule has 62 valence electrons. The average molecular weight is 162 g/mol. The van der Waals surface area contributed by atoms with Gasteiger partial charge in [0.15, 0.2) is 0 Å². The van der Waals surface area contributed by atoms with Crippen LogP contribution in [0.4, 0.5) is 0 Å². The molecule has 0 heterocycles. The Kier molecular flexibility index (Phi) is 5.13. The Labute approximate surface area is 69.2 Å². The fourth-order valence-electron chi connectivity index (χ4n) is 0.777. The largest absolute Gasteiger partial charge is 0.316 e. The Morgan fingerprint density at radius 1 is 1.60 bits per heavy atom. The molecule has 3 heteroatoms. The highest BCUT2D eigenvalue weighted by Gasteiger charge is 2.10. The van der Waals surface area contributed by atoms with Gasteiger partial charge < -0.3 is 5.73 Å². The minimum Gasteiger partial charge on any atom is -0.316 e. The third-order valence-corrected chi connectivity index (χ3v) is 2.06. The molecule has 0 fully saturated rings. The second-order valence-electron chi connectivity index (χ2n) is 2.65. The summed E-state index contributed by atoms with van der Waals surface area (Å²) in [7, 11) is 2.00. The van der Waals surface area contributed by atoms with Crippen molar-refractivity contribution >= 4 is 12.6 Å². The zero-order valence-corrected chi connectivity index (χ0v) is 7.94. The van der Waals surface area contributed by atoms with E-state index in [9.17, 15) is 0 Å². The highest BCUT2D eigenvalue weighted by molar-refractivity contribution is 7.80. The van der Waals surface area contributed by atoms with Crippen molar-refractivity contribution < 1.29 is 0 Å². The van der Waals surface area contributed by atoms with Gasteiger partial charge in [0.25, 0.3) is 0 Å². The normalized spacial score (nSPS) is 17.4. The second-order valence-corrected chi connectivity index (χ2v) is 3.40. The van der Waals surface area contributed by atoms with Crippen molar-refractivity contribution in [3.63, 3.8) is 0 Å². The Morgan fingerprint density at radius 2 is 2.10 bits per heavy atom. The van der Waals surface area contributed by atoms with Gasteiger partial charge in [0.1, 0.15) is 0 Å². The summed E-state index contributed by atoms with van der Waals surface area (Å²) >= 11 is 4.27. The van der Waals surface area contributed by atoms with E-state index in [-0.39, 0.29) is 11.5 Å². The highest BCUT2D eigenvalue weighted by atomic mass is 32.1. The molecule has 0 radical (unpaired) electrons. The summed E-state index contributed by atoms with van der Waals surface area (Å²) in [6.07, 6.45) is 2.34. The molecule has 0 aliphatic rings. The first-order valence-corrected chi connectivity index (χ1v) is 4.26. The first kappa shape index (κ1) is 10.3. The quantitative estimate of drug-likeness (QED) is 0.481. The lowest BCUT2D eigenvalue weighted by Gasteiger charge is -2.26. The van der Waals surface area contributed by atoms with Crippen LogP contribution in [0.2, 0.25) is 0 Å². The number of nitrogens with two attached hydrogens (primary N) is 1. The van der Waals surface area contributed by atoms with E-state index < -0.39 is 0 Å². The van der Waals surface area contributed by atoms with Crippen molar-refractivity contribution in [2.45, 2.75) is 38.2 Å². The lowest BCUT2D eigenvalue weighted by atomic mass is 10.2. The monoisotopic (exact) mass is 162 g/mol. The van der Waals surface area contributed by atoms with Crippen molar-refractivity contribution in [1.29, 1.82) is 0 Å². The van der Waals surface area contributed by atoms with E-state index in [1.165, 1.54) is 0 Å². The van der Waals surface area contributed by atoms with Crippen LogP contribution in [0.25, 0.3) is 0 Å². The SMILES string of the molecule is CCCC(N)N(C)C(C)S. The van der Waals surface area contributed by atoms with Crippen molar-refractivity contribution in [2.75, 3.05) is 7.05 Å². The van der Waals surface area contributed by atoms with Crippen LogP contribution in [0, 0.1) is 0 Å². The maximum Gasteiger partial charge on any atom is 0.0578 e. The summed E-state index contributed by atoms with van der Waals surface area (Å²) in [5.41, 5.74) is 5.81. The van der Waals surface area contributed by atoms with E-state index in [1.54, 1.807) is 0 Å². The van der Waals surface area contributed by atoms with E-state index in [2.05, 4.69) is 24.5 Å². The third kappa shape index (κ3) is 3.44. The van der Waals surface area contributed by atoms with Crippen molar-refractivity contribution in [1.82, 2.24) is 4.90 Å². The van der Waals surface area contributed by atoms with Crippen molar-refractivity contribution in [3.8, 4) is 0 Å². The van der Waals surface area contributed by atoms with E-state index in [4.69, 9.17) is 5.73 Å². The van der Waals surface area contributed by atoms with E-state index >= 15 is 0 Å². The molecule has 0 aliphatic carbocycles. The molecule has 0 rings (SSSR count). The van der Waals surface area contributed by atoms with Crippen LogP contribution in [0.5, 0.6) is 0 Å². The fraction of sp³-hybridized carbons (Fsp3) is 1.00. The van der Waals surface area contributed by atoms with Gasteiger partial charge in [-0.3, -0.25) is 4.90 Å². The Bertz CT molecular complexity index is 85.7. The van der Waals surface area contributed by atoms with Gasteiger partial charge in [0, 0.05) is 0 Å². The summed E-state index contributed by atoms with van der Waals surface area (Å²) in [6.45, 7) is 4.16. The van der Waals surface area contributed by atoms with Crippen molar-refractivity contribution in [3.05, 3.63) is 0 Å². The molecule has 0 aromatic rings. The molecule has 0 saturated carbocycles. The molecular weight excluding hydrogens is 144 g/mol. The summed E-state index contributed by atoms with van der Waals surface area (Å²) < 4.78 is 0. The molecule has 2 nitrogen and oxygen atoms in total. The van der Waals surface area contributed by atoms with Gasteiger partial charge in [-0.2, -0.15) is 12.6 Å². The predicted octanol–water partition coefficient (Wildman–Crippen LogP) is 1.28. The Balaban J connectivity index is 3.58. The lowest BCUT2D eigenvalue weighted by molar-refractivity contribution is 0.228. The van der Waals surface area contributed by atoms with Gasteiger partial charge in [0.2, 0.25) is 0 Å². The zero-order valence-electron chi connectivity index (χ0n) is 7.04. The molecule has 0 aromatic heterocycles. The van der Waals surface area contributed by atoms with Crippen LogP contribution < -0.4 is 5.73 Å². The Morgan fingerprint density at radius 3 is 2.40 bits per heavy atom. The van der Waals surface area contributed by atoms with Crippen LogP contribution in [0.3, 0.4) is 0 Å². The van der Waals surface area contributed by atoms with Crippen LogP contribution in [0.15, 0.2) is 0 Å². The van der Waals surface area contributed by atoms with E-state index in [0.717, 1.165) is 12.8 Å². The summed E-state index contributed by atoms with van der Waals surface area (Å²) in [6, 6.07) is 0. The molecule has 0 amide bonds. The van der Waals surface area contributed by atoms with Crippen molar-refractivity contribution in [2.24, 2.45) is 5.73 Å². The van der Waals surface area contributed by atoms with Gasteiger partial charge in [-0.15, -0.1) is 0 Å². The number of rotatable bonds is 4. The number of nitrogens with zero attached hydrogens (tertiary/aromatic N) is 1. The zero-order chi connectivity index (χ0) is 8.15. The average Bonchev–Trinajstić information content (AvgIpc) is 1.87. The maximum absolute atomic E-state index is 5.81. The van der Waals surface area contributed by atoms with Crippen LogP contribution in [-0.2, 0) is 0 Å². The molecule has 0 bridgehead atoms. The number of hydrogen-bond acceptors (Lipinski definition) is 3. The number of thiol groups is 1. The van der Waals surface area contributed by atoms with Crippen LogP contribution >= 0.6 is 12.6 Å². The first-order valence-electron chi connectivity index (χ1n) is 3.75. The molecule has 2 unspecified atom stereocenters. The molecular formula is C7H18N2S. The first-order chi connectivity index (χ1) is 4.59. The van der Waals surface area contributed by atoms with Crippen LogP contribution in [0.1, 0.15) is 26.7 Å². The summed E-state index contributed by atoms with van der Waals surface area (Å²) in [5.74, 6) is 0. The van der Waals surface area contributed by atoms with Gasteiger partial charge in [-0.25, -0.2) is 0 Å². The standard InChI is InChI=1S/C7H18N2S/c1-4-5-7(8)9(3)6(2)10/h6-7,10H,4-5,8H2,1-3H3. The summed E-state index contributed by atoms with van der Waals surface area (Å²) in [4.78, 5) is 2.06. The van der Waals surface area contributed by atoms with Crippen LogP contribution in [-0.4, -0.2) is 23.5 Å². The molecule has 2 N–H and O–H groups in total. The second kappa shape index (κ2) is 4.99. The molecule has 0 aromatic carbocycles. The Hall–Kier alpha value is 0.270. The minimum atomic E-state index is 0.164. The van der Waals surface area contributed by atoms with E-state index in [0.29, 0.717) is 0 Å². The fourth-order valence-corrected chi connectivity index (χ4v) is 0.948. The van der Waals surface area contributed by atoms with Gasteiger partial charge in [0.05, 0.1) is 11.5 Å². The molecule has 0 aliphatic heterocycles.